The average molecular weight is 240 g/mol. The molecule has 2 heteroatoms. The first-order valence-electron chi connectivity index (χ1n) is 5.22. The van der Waals surface area contributed by atoms with E-state index in [9.17, 15) is 0 Å². The molecule has 0 fully saturated rings. The van der Waals surface area contributed by atoms with Gasteiger partial charge in [0.05, 0.1) is 11.1 Å². The van der Waals surface area contributed by atoms with E-state index in [1.165, 1.54) is 11.6 Å². The molecule has 0 atom stereocenters. The molecule has 0 aliphatic heterocycles. The summed E-state index contributed by atoms with van der Waals surface area (Å²) in [6.45, 7) is 0. The zero-order valence-electron chi connectivity index (χ0n) is 9.10. The predicted molar refractivity (Wildman–Crippen MR) is 71.3 cm³/mol. The Labute approximate surface area is 106 Å². The van der Waals surface area contributed by atoms with Crippen LogP contribution in [0, 0.1) is 11.3 Å². The minimum atomic E-state index is 0.465. The lowest BCUT2D eigenvalue weighted by Crippen LogP contribution is -1.80. The molecule has 0 saturated carbocycles. The predicted octanol–water partition coefficient (Wildman–Crippen LogP) is 4.46. The van der Waals surface area contributed by atoms with Gasteiger partial charge in [0.1, 0.15) is 0 Å². The van der Waals surface area contributed by atoms with E-state index in [0.29, 0.717) is 5.03 Å². The fourth-order valence-corrected chi connectivity index (χ4v) is 1.77. The molecule has 0 N–H and O–H groups in total. The molecule has 2 aromatic carbocycles. The standard InChI is InChI=1S/C15H10ClN/c16-15(10-11-17)14-8-6-13(7-9-14)12-4-2-1-3-5-12/h1-10H. The molecule has 0 amide bonds. The van der Waals surface area contributed by atoms with Gasteiger partial charge in [-0.1, -0.05) is 66.2 Å². The van der Waals surface area contributed by atoms with E-state index >= 15 is 0 Å². The minimum absolute atomic E-state index is 0.465. The van der Waals surface area contributed by atoms with Crippen molar-refractivity contribution in [3.63, 3.8) is 0 Å². The van der Waals surface area contributed by atoms with Crippen LogP contribution in [0.15, 0.2) is 60.7 Å². The number of halogens is 1. The van der Waals surface area contributed by atoms with Crippen molar-refractivity contribution in [1.29, 1.82) is 5.26 Å². The van der Waals surface area contributed by atoms with Gasteiger partial charge in [0.2, 0.25) is 0 Å². The van der Waals surface area contributed by atoms with Crippen LogP contribution in [-0.2, 0) is 0 Å². The van der Waals surface area contributed by atoms with E-state index in [2.05, 4.69) is 12.1 Å². The molecule has 2 aromatic rings. The number of benzene rings is 2. The van der Waals surface area contributed by atoms with E-state index in [1.54, 1.807) is 0 Å². The normalized spacial score (nSPS) is 10.9. The Bertz CT molecular complexity index is 562. The van der Waals surface area contributed by atoms with Crippen molar-refractivity contribution in [3.05, 3.63) is 66.2 Å². The van der Waals surface area contributed by atoms with Gasteiger partial charge >= 0.3 is 0 Å². The molecule has 0 aromatic heterocycles. The van der Waals surface area contributed by atoms with Crippen molar-refractivity contribution in [2.24, 2.45) is 0 Å². The van der Waals surface area contributed by atoms with Crippen LogP contribution in [0.2, 0.25) is 0 Å². The largest absolute Gasteiger partial charge is 0.193 e. The van der Waals surface area contributed by atoms with Crippen LogP contribution >= 0.6 is 11.6 Å². The van der Waals surface area contributed by atoms with Gasteiger partial charge in [-0.15, -0.1) is 0 Å². The molecule has 0 spiro atoms. The molecule has 1 nitrogen and oxygen atoms in total. The monoisotopic (exact) mass is 239 g/mol. The number of rotatable bonds is 2. The maximum absolute atomic E-state index is 8.52. The van der Waals surface area contributed by atoms with Crippen molar-refractivity contribution >= 4 is 16.6 Å². The van der Waals surface area contributed by atoms with Gasteiger partial charge in [0.25, 0.3) is 0 Å². The molecule has 82 valence electrons. The van der Waals surface area contributed by atoms with Crippen LogP contribution in [0.3, 0.4) is 0 Å². The van der Waals surface area contributed by atoms with Crippen molar-refractivity contribution in [3.8, 4) is 17.2 Å². The fourth-order valence-electron chi connectivity index (χ4n) is 1.59. The van der Waals surface area contributed by atoms with Gasteiger partial charge in [0, 0.05) is 6.08 Å². The van der Waals surface area contributed by atoms with Gasteiger partial charge in [-0.3, -0.25) is 0 Å². The highest BCUT2D eigenvalue weighted by Crippen LogP contribution is 2.23. The lowest BCUT2D eigenvalue weighted by atomic mass is 10.0. The van der Waals surface area contributed by atoms with Crippen LogP contribution < -0.4 is 0 Å². The topological polar surface area (TPSA) is 23.8 Å². The molecular weight excluding hydrogens is 230 g/mol. The van der Waals surface area contributed by atoms with Crippen molar-refractivity contribution < 1.29 is 0 Å². The summed E-state index contributed by atoms with van der Waals surface area (Å²) in [6, 6.07) is 19.9. The molecule has 0 aliphatic rings. The number of hydrogen-bond donors (Lipinski definition) is 0. The molecule has 0 heterocycles. The van der Waals surface area contributed by atoms with E-state index < -0.39 is 0 Å². The smallest absolute Gasteiger partial charge is 0.0927 e. The summed E-state index contributed by atoms with van der Waals surface area (Å²) >= 11 is 5.94. The maximum atomic E-state index is 8.52. The highest BCUT2D eigenvalue weighted by Gasteiger charge is 1.99. The highest BCUT2D eigenvalue weighted by atomic mass is 35.5. The molecule has 17 heavy (non-hydrogen) atoms. The second-order valence-electron chi connectivity index (χ2n) is 3.56. The average Bonchev–Trinajstić information content (AvgIpc) is 2.40. The highest BCUT2D eigenvalue weighted by molar-refractivity contribution is 6.49. The van der Waals surface area contributed by atoms with Gasteiger partial charge < -0.3 is 0 Å². The maximum Gasteiger partial charge on any atom is 0.0927 e. The second kappa shape index (κ2) is 5.34. The van der Waals surface area contributed by atoms with E-state index in [1.807, 2.05) is 48.5 Å². The molecule has 0 unspecified atom stereocenters. The van der Waals surface area contributed by atoms with Crippen LogP contribution in [0.25, 0.3) is 16.2 Å². The Morgan fingerprint density at radius 1 is 0.941 bits per heavy atom. The number of hydrogen-bond acceptors (Lipinski definition) is 1. The third-order valence-corrected chi connectivity index (χ3v) is 2.79. The summed E-state index contributed by atoms with van der Waals surface area (Å²) in [4.78, 5) is 0. The molecule has 0 bridgehead atoms. The van der Waals surface area contributed by atoms with Crippen molar-refractivity contribution in [2.75, 3.05) is 0 Å². The van der Waals surface area contributed by atoms with Crippen molar-refractivity contribution in [1.82, 2.24) is 0 Å². The summed E-state index contributed by atoms with van der Waals surface area (Å²) in [6.07, 6.45) is 1.33. The third kappa shape index (κ3) is 2.75. The zero-order chi connectivity index (χ0) is 12.1. The first-order valence-corrected chi connectivity index (χ1v) is 5.60. The van der Waals surface area contributed by atoms with Crippen LogP contribution in [-0.4, -0.2) is 0 Å². The van der Waals surface area contributed by atoms with E-state index in [0.717, 1.165) is 11.1 Å². The fraction of sp³-hybridized carbons (Fsp3) is 0. The number of nitriles is 1. The van der Waals surface area contributed by atoms with Gasteiger partial charge in [0.15, 0.2) is 0 Å². The number of allylic oxidation sites excluding steroid dienone is 1. The minimum Gasteiger partial charge on any atom is -0.193 e. The number of nitrogens with zero attached hydrogens (tertiary/aromatic N) is 1. The Balaban J connectivity index is 2.32. The van der Waals surface area contributed by atoms with Gasteiger partial charge in [-0.05, 0) is 16.7 Å². The summed E-state index contributed by atoms with van der Waals surface area (Å²) in [7, 11) is 0. The first kappa shape index (κ1) is 11.4. The second-order valence-corrected chi connectivity index (χ2v) is 3.97. The SMILES string of the molecule is N#CC=C(Cl)c1ccc(-c2ccccc2)cc1. The Kier molecular flexibility index (Phi) is 3.59. The Morgan fingerprint density at radius 3 is 2.12 bits per heavy atom. The summed E-state index contributed by atoms with van der Waals surface area (Å²) in [5.41, 5.74) is 3.16. The lowest BCUT2D eigenvalue weighted by molar-refractivity contribution is 1.53. The lowest BCUT2D eigenvalue weighted by Gasteiger charge is -2.03. The Morgan fingerprint density at radius 2 is 1.53 bits per heavy atom. The first-order chi connectivity index (χ1) is 8.31. The summed E-state index contributed by atoms with van der Waals surface area (Å²) in [5.74, 6) is 0. The van der Waals surface area contributed by atoms with E-state index in [4.69, 9.17) is 16.9 Å². The third-order valence-electron chi connectivity index (χ3n) is 2.46. The quantitative estimate of drug-likeness (QED) is 0.710. The summed E-state index contributed by atoms with van der Waals surface area (Å²) < 4.78 is 0. The van der Waals surface area contributed by atoms with Crippen LogP contribution in [0.5, 0.6) is 0 Å². The van der Waals surface area contributed by atoms with Crippen LogP contribution in [0.1, 0.15) is 5.56 Å². The van der Waals surface area contributed by atoms with Crippen LogP contribution in [0.4, 0.5) is 0 Å². The van der Waals surface area contributed by atoms with Gasteiger partial charge in [-0.25, -0.2) is 0 Å². The zero-order valence-corrected chi connectivity index (χ0v) is 9.85. The van der Waals surface area contributed by atoms with Crippen molar-refractivity contribution in [2.45, 2.75) is 0 Å². The molecule has 2 rings (SSSR count). The van der Waals surface area contributed by atoms with Gasteiger partial charge in [-0.2, -0.15) is 5.26 Å². The molecule has 0 saturated heterocycles. The van der Waals surface area contributed by atoms with E-state index in [-0.39, 0.29) is 0 Å². The Hall–Kier alpha value is -2.04. The molecular formula is C15H10ClN. The molecule has 0 radical (unpaired) electrons. The summed E-state index contributed by atoms with van der Waals surface area (Å²) in [5, 5.41) is 8.98. The molecule has 0 aliphatic carbocycles.